The fraction of sp³-hybridized carbons (Fsp3) is 0.292. The molecular weight excluding hydrogens is 528 g/mol. The number of carboxylic acid groups (broad SMARTS) is 1. The molecule has 2 aliphatic heterocycles. The average Bonchev–Trinajstić information content (AvgIpc) is 2.86. The van der Waals surface area contributed by atoms with Crippen molar-refractivity contribution in [3.05, 3.63) is 40.6 Å². The summed E-state index contributed by atoms with van der Waals surface area (Å²) in [7, 11) is 0. The van der Waals surface area contributed by atoms with Gasteiger partial charge in [0.25, 0.3) is 0 Å². The first-order chi connectivity index (χ1) is 18.3. The number of ether oxygens (including phenoxy) is 3. The molecule has 1 saturated heterocycles. The summed E-state index contributed by atoms with van der Waals surface area (Å²) >= 11 is 0. The second-order valence-electron chi connectivity index (χ2n) is 8.54. The normalized spacial score (nSPS) is 22.9. The SMILES string of the molecule is O=C(O)CC(=O)OCC1OC(Oc2cc3c(O)cc(=O)cc-3oc2-c2cc(O)c(O)c(O)c2)C(O)C(O)C1O. The van der Waals surface area contributed by atoms with Crippen LogP contribution in [0.25, 0.3) is 22.6 Å². The molecule has 208 valence electrons. The minimum absolute atomic E-state index is 0.0504. The maximum atomic E-state index is 11.9. The van der Waals surface area contributed by atoms with Crippen LogP contribution in [0.15, 0.2) is 39.5 Å². The predicted molar refractivity (Wildman–Crippen MR) is 124 cm³/mol. The van der Waals surface area contributed by atoms with E-state index in [1.165, 1.54) is 0 Å². The van der Waals surface area contributed by atoms with Gasteiger partial charge in [-0.05, 0) is 18.2 Å². The Morgan fingerprint density at radius 1 is 0.872 bits per heavy atom. The predicted octanol–water partition coefficient (Wildman–Crippen LogP) is -0.562. The Bertz CT molecular complexity index is 1410. The van der Waals surface area contributed by atoms with E-state index in [2.05, 4.69) is 0 Å². The van der Waals surface area contributed by atoms with Crippen molar-refractivity contribution in [3.8, 4) is 51.4 Å². The van der Waals surface area contributed by atoms with E-state index in [1.54, 1.807) is 0 Å². The molecule has 0 saturated carbocycles. The first-order valence-electron chi connectivity index (χ1n) is 11.2. The zero-order valence-electron chi connectivity index (χ0n) is 19.6. The summed E-state index contributed by atoms with van der Waals surface area (Å²) in [4.78, 5) is 34.1. The number of aliphatic hydroxyl groups is 3. The van der Waals surface area contributed by atoms with Gasteiger partial charge in [-0.2, -0.15) is 0 Å². The lowest BCUT2D eigenvalue weighted by Crippen LogP contribution is -2.60. The number of hydrogen-bond acceptors (Lipinski definition) is 14. The minimum Gasteiger partial charge on any atom is -0.507 e. The first kappa shape index (κ1) is 27.5. The molecule has 5 unspecified atom stereocenters. The first-order valence-corrected chi connectivity index (χ1v) is 11.2. The number of aliphatic hydroxyl groups excluding tert-OH is 3. The van der Waals surface area contributed by atoms with Crippen LogP contribution in [0.1, 0.15) is 6.42 Å². The van der Waals surface area contributed by atoms with Crippen molar-refractivity contribution in [3.63, 3.8) is 0 Å². The lowest BCUT2D eigenvalue weighted by molar-refractivity contribution is -0.278. The highest BCUT2D eigenvalue weighted by Gasteiger charge is 2.46. The van der Waals surface area contributed by atoms with Gasteiger partial charge in [-0.1, -0.05) is 0 Å². The number of aromatic hydroxyl groups is 4. The molecule has 3 aliphatic rings. The van der Waals surface area contributed by atoms with Crippen LogP contribution in [0, 0.1) is 0 Å². The Morgan fingerprint density at radius 2 is 1.54 bits per heavy atom. The summed E-state index contributed by atoms with van der Waals surface area (Å²) in [6, 6.07) is 4.99. The number of aliphatic carboxylic acids is 1. The summed E-state index contributed by atoms with van der Waals surface area (Å²) in [5.41, 5.74) is -0.783. The van der Waals surface area contributed by atoms with Crippen LogP contribution in [0.2, 0.25) is 0 Å². The van der Waals surface area contributed by atoms with Crippen LogP contribution in [0.3, 0.4) is 0 Å². The third-order valence-corrected chi connectivity index (χ3v) is 5.75. The molecule has 0 bridgehead atoms. The Morgan fingerprint density at radius 3 is 2.18 bits per heavy atom. The van der Waals surface area contributed by atoms with Gasteiger partial charge < -0.3 is 59.5 Å². The molecule has 1 aliphatic carbocycles. The van der Waals surface area contributed by atoms with E-state index in [4.69, 9.17) is 23.7 Å². The molecule has 15 nitrogen and oxygen atoms in total. The number of carbonyl (C=O) groups is 2. The molecule has 39 heavy (non-hydrogen) atoms. The van der Waals surface area contributed by atoms with Crippen molar-refractivity contribution < 1.29 is 69.1 Å². The maximum absolute atomic E-state index is 11.9. The Labute approximate surface area is 217 Å². The number of carboxylic acids is 1. The standard InChI is InChI=1S/C24H22O15/c25-9-3-11(26)10-5-15(23(37-14(10)4-9)8-1-12(27)19(32)13(28)2-8)38-24-22(35)21(34)20(33)16(39-24)7-36-18(31)6-17(29)30/h1-5,16,20-22,24,26-28,32-35H,6-7H2,(H,29,30). The highest BCUT2D eigenvalue weighted by molar-refractivity contribution is 5.90. The number of rotatable bonds is 7. The summed E-state index contributed by atoms with van der Waals surface area (Å²) in [5.74, 6) is -6.31. The van der Waals surface area contributed by atoms with Gasteiger partial charge in [-0.25, -0.2) is 0 Å². The van der Waals surface area contributed by atoms with Crippen LogP contribution < -0.4 is 10.2 Å². The Kier molecular flexibility index (Phi) is 7.51. The number of benzene rings is 2. The monoisotopic (exact) mass is 550 g/mol. The van der Waals surface area contributed by atoms with Gasteiger partial charge in [0.1, 0.15) is 49.0 Å². The van der Waals surface area contributed by atoms with Crippen molar-refractivity contribution in [2.24, 2.45) is 0 Å². The van der Waals surface area contributed by atoms with E-state index in [9.17, 15) is 50.1 Å². The lowest BCUT2D eigenvalue weighted by Gasteiger charge is -2.40. The molecule has 0 spiro atoms. The summed E-state index contributed by atoms with van der Waals surface area (Å²) in [5, 5.41) is 79.6. The van der Waals surface area contributed by atoms with E-state index >= 15 is 0 Å². The molecule has 1 aromatic carbocycles. The van der Waals surface area contributed by atoms with Crippen molar-refractivity contribution >= 4 is 11.9 Å². The Balaban J connectivity index is 1.73. The molecule has 5 atom stereocenters. The number of carbonyl (C=O) groups excluding carboxylic acids is 1. The average molecular weight is 550 g/mol. The fourth-order valence-electron chi connectivity index (χ4n) is 3.82. The molecular formula is C24H22O15. The highest BCUT2D eigenvalue weighted by atomic mass is 16.7. The van der Waals surface area contributed by atoms with Crippen LogP contribution >= 0.6 is 0 Å². The third kappa shape index (κ3) is 5.65. The quantitative estimate of drug-likeness (QED) is 0.104. The molecule has 1 fully saturated rings. The molecule has 0 amide bonds. The zero-order chi connectivity index (χ0) is 28.6. The molecule has 4 rings (SSSR count). The molecule has 0 aromatic heterocycles. The van der Waals surface area contributed by atoms with Gasteiger partial charge in [-0.15, -0.1) is 0 Å². The molecule has 0 radical (unpaired) electrons. The van der Waals surface area contributed by atoms with Gasteiger partial charge in [0.2, 0.25) is 6.29 Å². The third-order valence-electron chi connectivity index (χ3n) is 5.75. The second-order valence-corrected chi connectivity index (χ2v) is 8.54. The smallest absolute Gasteiger partial charge is 0.317 e. The Hall–Kier alpha value is -4.57. The molecule has 8 N–H and O–H groups in total. The van der Waals surface area contributed by atoms with Crippen LogP contribution in [-0.2, 0) is 19.1 Å². The topological polar surface area (TPSA) is 254 Å². The van der Waals surface area contributed by atoms with Crippen molar-refractivity contribution in [1.82, 2.24) is 0 Å². The van der Waals surface area contributed by atoms with Crippen LogP contribution in [0.4, 0.5) is 0 Å². The van der Waals surface area contributed by atoms with Crippen molar-refractivity contribution in [1.29, 1.82) is 0 Å². The van der Waals surface area contributed by atoms with E-state index < -0.39 is 84.1 Å². The largest absolute Gasteiger partial charge is 0.507 e. The molecule has 15 heteroatoms. The number of hydrogen-bond donors (Lipinski definition) is 8. The van der Waals surface area contributed by atoms with E-state index in [0.717, 1.165) is 30.3 Å². The lowest BCUT2D eigenvalue weighted by atomic mass is 9.99. The van der Waals surface area contributed by atoms with Crippen molar-refractivity contribution in [2.75, 3.05) is 6.61 Å². The van der Waals surface area contributed by atoms with Gasteiger partial charge >= 0.3 is 11.9 Å². The zero-order valence-corrected chi connectivity index (χ0v) is 19.6. The van der Waals surface area contributed by atoms with Gasteiger partial charge in [0, 0.05) is 17.7 Å². The maximum Gasteiger partial charge on any atom is 0.317 e. The van der Waals surface area contributed by atoms with E-state index in [1.807, 2.05) is 0 Å². The van der Waals surface area contributed by atoms with Gasteiger partial charge in [0.05, 0.1) is 5.56 Å². The molecule has 2 heterocycles. The number of fused-ring (bicyclic) bond motifs is 1. The second kappa shape index (κ2) is 10.7. The van der Waals surface area contributed by atoms with E-state index in [-0.39, 0.29) is 28.4 Å². The van der Waals surface area contributed by atoms with Gasteiger partial charge in [-0.3, -0.25) is 14.4 Å². The number of phenolic OH excluding ortho intramolecular Hbond substituents is 4. The summed E-state index contributed by atoms with van der Waals surface area (Å²) in [6.07, 6.45) is -9.86. The van der Waals surface area contributed by atoms with Crippen LogP contribution in [-0.4, -0.2) is 90.1 Å². The van der Waals surface area contributed by atoms with Gasteiger partial charge in [0.15, 0.2) is 34.2 Å². The van der Waals surface area contributed by atoms with Crippen LogP contribution in [0.5, 0.6) is 28.7 Å². The van der Waals surface area contributed by atoms with Crippen molar-refractivity contribution in [2.45, 2.75) is 37.1 Å². The highest BCUT2D eigenvalue weighted by Crippen LogP contribution is 2.45. The molecule has 1 aromatic rings. The number of phenols is 4. The number of esters is 1. The minimum atomic E-state index is -1.91. The summed E-state index contributed by atoms with van der Waals surface area (Å²) in [6.45, 7) is -0.724. The summed E-state index contributed by atoms with van der Waals surface area (Å²) < 4.78 is 21.6. The van der Waals surface area contributed by atoms with E-state index in [0.29, 0.717) is 0 Å². The fourth-order valence-corrected chi connectivity index (χ4v) is 3.82.